The molecule has 1 amide bonds. The topological polar surface area (TPSA) is 256 Å². The molecule has 32 heavy (non-hydrogen) atoms. The van der Waals surface area contributed by atoms with E-state index >= 15 is 0 Å². The molecule has 0 aromatic heterocycles. The predicted octanol–water partition coefficient (Wildman–Crippen LogP) is -6.02. The zero-order valence-corrected chi connectivity index (χ0v) is 17.4. The van der Waals surface area contributed by atoms with E-state index in [2.05, 4.69) is 10.6 Å². The number of carboxylic acids is 1. The van der Waals surface area contributed by atoms with Crippen molar-refractivity contribution in [1.29, 1.82) is 0 Å². The summed E-state index contributed by atoms with van der Waals surface area (Å²) in [5.74, 6) is -3.74. The van der Waals surface area contributed by atoms with Crippen molar-refractivity contribution in [2.24, 2.45) is 0 Å². The van der Waals surface area contributed by atoms with Crippen LogP contribution in [0, 0.1) is 0 Å². The van der Waals surface area contributed by atoms with Gasteiger partial charge in [0.25, 0.3) is 0 Å². The number of ether oxygens (including phenoxy) is 2. The Balaban J connectivity index is 3.24. The summed E-state index contributed by atoms with van der Waals surface area (Å²) >= 11 is 0. The van der Waals surface area contributed by atoms with Gasteiger partial charge < -0.3 is 55.6 Å². The number of amides is 1. The smallest absolute Gasteiger partial charge is 0.351 e. The first-order valence-electron chi connectivity index (χ1n) is 9.52. The van der Waals surface area contributed by atoms with Gasteiger partial charge in [0.15, 0.2) is 12.1 Å². The van der Waals surface area contributed by atoms with E-state index < -0.39 is 92.1 Å². The van der Waals surface area contributed by atoms with Crippen LogP contribution in [0.4, 0.5) is 0 Å². The van der Waals surface area contributed by atoms with E-state index in [1.165, 1.54) is 0 Å². The van der Waals surface area contributed by atoms with E-state index in [1.54, 1.807) is 0 Å². The van der Waals surface area contributed by atoms with Crippen molar-refractivity contribution >= 4 is 17.7 Å². The van der Waals surface area contributed by atoms with Gasteiger partial charge in [-0.3, -0.25) is 14.9 Å². The molecule has 0 aromatic rings. The van der Waals surface area contributed by atoms with Crippen molar-refractivity contribution < 1.29 is 64.7 Å². The second kappa shape index (κ2) is 11.9. The highest BCUT2D eigenvalue weighted by Gasteiger charge is 2.51. The summed E-state index contributed by atoms with van der Waals surface area (Å²) in [4.78, 5) is 35.7. The van der Waals surface area contributed by atoms with Crippen LogP contribution < -0.4 is 10.6 Å². The van der Waals surface area contributed by atoms with Gasteiger partial charge in [0.1, 0.15) is 36.6 Å². The number of aliphatic hydroxyl groups excluding tert-OH is 7. The van der Waals surface area contributed by atoms with Gasteiger partial charge in [-0.2, -0.15) is 0 Å². The number of hydrogen-bond donors (Lipinski definition) is 10. The van der Waals surface area contributed by atoms with E-state index in [9.17, 15) is 50.1 Å². The van der Waals surface area contributed by atoms with Crippen LogP contribution in [0.1, 0.15) is 13.8 Å². The van der Waals surface area contributed by atoms with Gasteiger partial charge in [-0.1, -0.05) is 0 Å². The predicted molar refractivity (Wildman–Crippen MR) is 101 cm³/mol. The Morgan fingerprint density at radius 3 is 2.16 bits per heavy atom. The van der Waals surface area contributed by atoms with Gasteiger partial charge in [0.05, 0.1) is 25.9 Å². The van der Waals surface area contributed by atoms with E-state index in [4.69, 9.17) is 14.6 Å². The van der Waals surface area contributed by atoms with Crippen molar-refractivity contribution in [3.05, 3.63) is 0 Å². The number of aliphatic carboxylic acids is 1. The summed E-state index contributed by atoms with van der Waals surface area (Å²) < 4.78 is 10.4. The van der Waals surface area contributed by atoms with E-state index in [0.717, 1.165) is 13.8 Å². The number of rotatable bonds is 12. The van der Waals surface area contributed by atoms with E-state index in [0.29, 0.717) is 0 Å². The second-order valence-electron chi connectivity index (χ2n) is 7.36. The van der Waals surface area contributed by atoms with Crippen LogP contribution in [-0.2, 0) is 23.9 Å². The summed E-state index contributed by atoms with van der Waals surface area (Å²) in [7, 11) is 0. The van der Waals surface area contributed by atoms with Crippen molar-refractivity contribution in [3.8, 4) is 0 Å². The first-order valence-corrected chi connectivity index (χ1v) is 9.52. The highest BCUT2D eigenvalue weighted by atomic mass is 16.6. The lowest BCUT2D eigenvalue weighted by atomic mass is 9.95. The Hall–Kier alpha value is -1.79. The monoisotopic (exact) mass is 470 g/mol. The van der Waals surface area contributed by atoms with Crippen LogP contribution >= 0.6 is 0 Å². The van der Waals surface area contributed by atoms with Gasteiger partial charge in [-0.15, -0.1) is 0 Å². The van der Waals surface area contributed by atoms with Gasteiger partial charge in [0.2, 0.25) is 11.6 Å². The molecule has 0 aliphatic carbocycles. The molecule has 15 heteroatoms. The summed E-state index contributed by atoms with van der Waals surface area (Å²) in [5.41, 5.74) is -2.58. The average Bonchev–Trinajstić information content (AvgIpc) is 2.74. The molecule has 1 saturated heterocycles. The number of ketones is 1. The van der Waals surface area contributed by atoms with Gasteiger partial charge in [-0.25, -0.2) is 4.79 Å². The second-order valence-corrected chi connectivity index (χ2v) is 7.36. The Morgan fingerprint density at radius 2 is 1.72 bits per heavy atom. The molecule has 1 rings (SSSR count). The number of Topliss-reactive ketones (excluding diaryl/α,β-unsaturated/α-hetero) is 1. The number of nitrogens with one attached hydrogen (secondary N) is 2. The molecule has 1 heterocycles. The third-order valence-corrected chi connectivity index (χ3v) is 4.84. The molecule has 9 atom stereocenters. The molecule has 0 spiro atoms. The summed E-state index contributed by atoms with van der Waals surface area (Å²) in [6.45, 7) is -0.908. The molecular formula is C17H30N2O13. The molecule has 1 fully saturated rings. The molecule has 1 unspecified atom stereocenters. The first-order chi connectivity index (χ1) is 14.8. The number of carbonyl (C=O) groups excluding carboxylic acids is 2. The maximum absolute atomic E-state index is 12.3. The Labute approximate surface area is 182 Å². The fourth-order valence-electron chi connectivity index (χ4n) is 3.07. The van der Waals surface area contributed by atoms with Crippen LogP contribution in [0.2, 0.25) is 0 Å². The number of aliphatic hydroxyl groups is 7. The maximum atomic E-state index is 12.3. The first kappa shape index (κ1) is 28.2. The van der Waals surface area contributed by atoms with E-state index in [1.807, 2.05) is 0 Å². The molecule has 10 N–H and O–H groups in total. The molecule has 0 aromatic carbocycles. The van der Waals surface area contributed by atoms with Crippen molar-refractivity contribution in [2.45, 2.75) is 68.5 Å². The van der Waals surface area contributed by atoms with Crippen molar-refractivity contribution in [1.82, 2.24) is 10.6 Å². The Kier molecular flexibility index (Phi) is 10.5. The fraction of sp³-hybridized carbons (Fsp3) is 0.824. The molecule has 15 nitrogen and oxygen atoms in total. The normalized spacial score (nSPS) is 30.6. The lowest BCUT2D eigenvalue weighted by molar-refractivity contribution is -0.281. The summed E-state index contributed by atoms with van der Waals surface area (Å²) in [5, 5.41) is 81.6. The highest BCUT2D eigenvalue weighted by molar-refractivity contribution is 5.89. The summed E-state index contributed by atoms with van der Waals surface area (Å²) in [6.07, 6.45) is -10.8. The number of hydrogen-bond acceptors (Lipinski definition) is 13. The largest absolute Gasteiger partial charge is 0.478 e. The van der Waals surface area contributed by atoms with Crippen molar-refractivity contribution in [2.75, 3.05) is 19.8 Å². The molecule has 1 aliphatic heterocycles. The third kappa shape index (κ3) is 6.61. The van der Waals surface area contributed by atoms with Gasteiger partial charge in [0, 0.05) is 6.92 Å². The fourth-order valence-corrected chi connectivity index (χ4v) is 3.07. The molecule has 186 valence electrons. The summed E-state index contributed by atoms with van der Waals surface area (Å²) in [6, 6.07) is -3.32. The minimum Gasteiger partial charge on any atom is -0.478 e. The van der Waals surface area contributed by atoms with Crippen LogP contribution in [0.15, 0.2) is 0 Å². The Morgan fingerprint density at radius 1 is 1.12 bits per heavy atom. The van der Waals surface area contributed by atoms with Crippen LogP contribution in [0.5, 0.6) is 0 Å². The standard InChI is InChI=1S/C17H30N2O13/c1-6(23)18-10-14(13(27)9(5-22)31-15(10)28)32-17(2,16(29)30)19-7(3-20)11(25)12(26)8(24)4-21/h7-10,12-15,19-22,24,26-28H,3-5H2,1-2H3,(H,18,23)(H,29,30)/t7-,8+,9+,10+,12+,13+,14+,15-,17?/m0/s1. The van der Waals surface area contributed by atoms with Crippen LogP contribution in [0.3, 0.4) is 0 Å². The lowest BCUT2D eigenvalue weighted by Crippen LogP contribution is -2.69. The minimum atomic E-state index is -2.58. The van der Waals surface area contributed by atoms with Crippen LogP contribution in [-0.4, -0.2) is 133 Å². The van der Waals surface area contributed by atoms with Gasteiger partial charge >= 0.3 is 5.97 Å². The lowest BCUT2D eigenvalue weighted by Gasteiger charge is -2.45. The average molecular weight is 470 g/mol. The number of carbonyl (C=O) groups is 3. The third-order valence-electron chi connectivity index (χ3n) is 4.84. The maximum Gasteiger partial charge on any atom is 0.351 e. The van der Waals surface area contributed by atoms with E-state index in [-0.39, 0.29) is 0 Å². The molecule has 0 radical (unpaired) electrons. The molecule has 0 bridgehead atoms. The van der Waals surface area contributed by atoms with Gasteiger partial charge in [-0.05, 0) is 6.92 Å². The zero-order chi connectivity index (χ0) is 24.8. The number of carboxylic acid groups (broad SMARTS) is 1. The quantitative estimate of drug-likeness (QED) is 0.119. The molecule has 1 aliphatic rings. The molecular weight excluding hydrogens is 440 g/mol. The Bertz CT molecular complexity index is 664. The SMILES string of the molecule is CC(=O)N[C@@H]1[C@@H](OC(C)(N[C@@H](CO)C(=O)[C@H](O)[C@H](O)CO)C(=O)O)[C@H](O)[C@@H](CO)O[C@@H]1O. The highest BCUT2D eigenvalue weighted by Crippen LogP contribution is 2.26. The molecule has 0 saturated carbocycles. The van der Waals surface area contributed by atoms with Crippen LogP contribution in [0.25, 0.3) is 0 Å². The van der Waals surface area contributed by atoms with Crippen molar-refractivity contribution in [3.63, 3.8) is 0 Å². The zero-order valence-electron chi connectivity index (χ0n) is 17.4. The minimum absolute atomic E-state index is 0.699.